The SMILES string of the molecule is CCc1nc(Nc2cc(C(=O)Cc3ccccc3)ccn2)nc(N2CCN(CCO)CC2)n1. The maximum absolute atomic E-state index is 12.7. The van der Waals surface area contributed by atoms with Crippen molar-refractivity contribution in [1.82, 2.24) is 24.8 Å². The molecule has 0 radical (unpaired) electrons. The van der Waals surface area contributed by atoms with Crippen molar-refractivity contribution in [3.05, 3.63) is 65.6 Å². The van der Waals surface area contributed by atoms with Crippen LogP contribution in [0.25, 0.3) is 0 Å². The van der Waals surface area contributed by atoms with E-state index >= 15 is 0 Å². The monoisotopic (exact) mass is 447 g/mol. The Bertz CT molecular complexity index is 1070. The molecule has 1 saturated heterocycles. The van der Waals surface area contributed by atoms with E-state index < -0.39 is 0 Å². The molecule has 2 N–H and O–H groups in total. The number of anilines is 3. The van der Waals surface area contributed by atoms with Crippen molar-refractivity contribution in [2.75, 3.05) is 49.5 Å². The number of nitrogens with zero attached hydrogens (tertiary/aromatic N) is 6. The minimum atomic E-state index is 0.0259. The number of hydrogen-bond donors (Lipinski definition) is 2. The zero-order valence-electron chi connectivity index (χ0n) is 18.8. The van der Waals surface area contributed by atoms with E-state index in [0.29, 0.717) is 48.5 Å². The molecule has 3 heterocycles. The second-order valence-corrected chi connectivity index (χ2v) is 7.92. The summed E-state index contributed by atoms with van der Waals surface area (Å²) in [6.07, 6.45) is 2.63. The summed E-state index contributed by atoms with van der Waals surface area (Å²) in [5, 5.41) is 12.3. The van der Waals surface area contributed by atoms with E-state index in [1.165, 1.54) is 0 Å². The number of rotatable bonds is 9. The molecule has 2 aromatic heterocycles. The van der Waals surface area contributed by atoms with Crippen LogP contribution in [0.1, 0.15) is 28.7 Å². The average molecular weight is 448 g/mol. The van der Waals surface area contributed by atoms with E-state index in [0.717, 1.165) is 31.7 Å². The number of aryl methyl sites for hydroxylation is 1. The molecule has 0 saturated carbocycles. The van der Waals surface area contributed by atoms with Gasteiger partial charge in [-0.15, -0.1) is 0 Å². The maximum Gasteiger partial charge on any atom is 0.233 e. The Labute approximate surface area is 193 Å². The van der Waals surface area contributed by atoms with Gasteiger partial charge in [-0.05, 0) is 17.7 Å². The van der Waals surface area contributed by atoms with Gasteiger partial charge in [-0.3, -0.25) is 9.69 Å². The molecule has 0 amide bonds. The number of piperazine rings is 1. The molecular weight excluding hydrogens is 418 g/mol. The summed E-state index contributed by atoms with van der Waals surface area (Å²) in [6.45, 7) is 6.13. The Morgan fingerprint density at radius 3 is 2.58 bits per heavy atom. The second-order valence-electron chi connectivity index (χ2n) is 7.92. The van der Waals surface area contributed by atoms with Gasteiger partial charge in [0.25, 0.3) is 0 Å². The average Bonchev–Trinajstić information content (AvgIpc) is 2.85. The number of pyridine rings is 1. The van der Waals surface area contributed by atoms with E-state index in [-0.39, 0.29) is 12.4 Å². The Balaban J connectivity index is 1.48. The first-order valence-electron chi connectivity index (χ1n) is 11.3. The summed E-state index contributed by atoms with van der Waals surface area (Å²) in [4.78, 5) is 35.1. The summed E-state index contributed by atoms with van der Waals surface area (Å²) in [7, 11) is 0. The second kappa shape index (κ2) is 10.9. The molecule has 9 nitrogen and oxygen atoms in total. The highest BCUT2D eigenvalue weighted by atomic mass is 16.3. The molecule has 172 valence electrons. The van der Waals surface area contributed by atoms with E-state index in [2.05, 4.69) is 35.1 Å². The number of benzene rings is 1. The smallest absolute Gasteiger partial charge is 0.233 e. The van der Waals surface area contributed by atoms with Crippen LogP contribution in [-0.2, 0) is 12.8 Å². The first-order valence-corrected chi connectivity index (χ1v) is 11.3. The molecule has 1 aliphatic heterocycles. The number of carbonyl (C=O) groups excluding carboxylic acids is 1. The molecular formula is C24H29N7O2. The highest BCUT2D eigenvalue weighted by Gasteiger charge is 2.20. The van der Waals surface area contributed by atoms with Crippen LogP contribution in [0.5, 0.6) is 0 Å². The van der Waals surface area contributed by atoms with Crippen molar-refractivity contribution in [1.29, 1.82) is 0 Å². The molecule has 1 aliphatic rings. The lowest BCUT2D eigenvalue weighted by Gasteiger charge is -2.34. The van der Waals surface area contributed by atoms with E-state index in [1.54, 1.807) is 18.3 Å². The molecule has 0 spiro atoms. The predicted molar refractivity (Wildman–Crippen MR) is 127 cm³/mol. The van der Waals surface area contributed by atoms with Crippen LogP contribution >= 0.6 is 0 Å². The Morgan fingerprint density at radius 1 is 1.06 bits per heavy atom. The summed E-state index contributed by atoms with van der Waals surface area (Å²) in [5.41, 5.74) is 1.56. The lowest BCUT2D eigenvalue weighted by atomic mass is 10.0. The number of Topliss-reactive ketones (excluding diaryl/α,β-unsaturated/α-hetero) is 1. The number of β-amino-alcohol motifs (C(OH)–C–C–N with tert-alkyl or cyclic N) is 1. The number of aromatic nitrogens is 4. The number of aliphatic hydroxyl groups is 1. The van der Waals surface area contributed by atoms with Crippen molar-refractivity contribution < 1.29 is 9.90 Å². The van der Waals surface area contributed by atoms with Crippen molar-refractivity contribution in [2.24, 2.45) is 0 Å². The van der Waals surface area contributed by atoms with Crippen molar-refractivity contribution in [2.45, 2.75) is 19.8 Å². The van der Waals surface area contributed by atoms with Gasteiger partial charge in [-0.1, -0.05) is 37.3 Å². The highest BCUT2D eigenvalue weighted by molar-refractivity contribution is 5.98. The largest absolute Gasteiger partial charge is 0.395 e. The lowest BCUT2D eigenvalue weighted by Crippen LogP contribution is -2.47. The fourth-order valence-corrected chi connectivity index (χ4v) is 3.75. The van der Waals surface area contributed by atoms with Crippen LogP contribution in [0, 0.1) is 0 Å². The lowest BCUT2D eigenvalue weighted by molar-refractivity contribution is 0.0993. The minimum absolute atomic E-state index is 0.0259. The van der Waals surface area contributed by atoms with Gasteiger partial charge in [0.05, 0.1) is 6.61 Å². The van der Waals surface area contributed by atoms with Crippen molar-refractivity contribution in [3.63, 3.8) is 0 Å². The number of aliphatic hydroxyl groups excluding tert-OH is 1. The normalized spacial score (nSPS) is 14.3. The number of nitrogens with one attached hydrogen (secondary N) is 1. The summed E-state index contributed by atoms with van der Waals surface area (Å²) >= 11 is 0. The van der Waals surface area contributed by atoms with Crippen LogP contribution in [0.3, 0.4) is 0 Å². The summed E-state index contributed by atoms with van der Waals surface area (Å²) in [6, 6.07) is 13.1. The van der Waals surface area contributed by atoms with Gasteiger partial charge in [-0.2, -0.15) is 15.0 Å². The molecule has 4 rings (SSSR count). The molecule has 1 fully saturated rings. The van der Waals surface area contributed by atoms with Crippen molar-refractivity contribution >= 4 is 23.5 Å². The van der Waals surface area contributed by atoms with E-state index in [1.807, 2.05) is 37.3 Å². The first kappa shape index (κ1) is 22.8. The molecule has 9 heteroatoms. The van der Waals surface area contributed by atoms with Crippen LogP contribution < -0.4 is 10.2 Å². The van der Waals surface area contributed by atoms with Gasteiger partial charge in [0.15, 0.2) is 5.78 Å². The molecule has 33 heavy (non-hydrogen) atoms. The molecule has 0 atom stereocenters. The third kappa shape index (κ3) is 6.09. The minimum Gasteiger partial charge on any atom is -0.395 e. The topological polar surface area (TPSA) is 107 Å². The van der Waals surface area contributed by atoms with Crippen molar-refractivity contribution in [3.8, 4) is 0 Å². The summed E-state index contributed by atoms with van der Waals surface area (Å²) < 4.78 is 0. The fraction of sp³-hybridized carbons (Fsp3) is 0.375. The van der Waals surface area contributed by atoms with Crippen LogP contribution in [0.15, 0.2) is 48.7 Å². The number of carbonyl (C=O) groups is 1. The molecule has 1 aromatic carbocycles. The first-order chi connectivity index (χ1) is 16.1. The van der Waals surface area contributed by atoms with Gasteiger partial charge >= 0.3 is 0 Å². The quantitative estimate of drug-likeness (QED) is 0.477. The molecule has 3 aromatic rings. The van der Waals surface area contributed by atoms with Crippen LogP contribution in [-0.4, -0.2) is 75.1 Å². The fourth-order valence-electron chi connectivity index (χ4n) is 3.75. The van der Waals surface area contributed by atoms with Gasteiger partial charge in [0.1, 0.15) is 11.6 Å². The Morgan fingerprint density at radius 2 is 1.85 bits per heavy atom. The third-order valence-electron chi connectivity index (χ3n) is 5.59. The van der Waals surface area contributed by atoms with Crippen LogP contribution in [0.2, 0.25) is 0 Å². The summed E-state index contributed by atoms with van der Waals surface area (Å²) in [5.74, 6) is 2.27. The Hall–Kier alpha value is -3.43. The van der Waals surface area contributed by atoms with Gasteiger partial charge in [0, 0.05) is 57.3 Å². The van der Waals surface area contributed by atoms with Gasteiger partial charge in [-0.25, -0.2) is 4.98 Å². The van der Waals surface area contributed by atoms with E-state index in [4.69, 9.17) is 5.11 Å². The third-order valence-corrected chi connectivity index (χ3v) is 5.59. The van der Waals surface area contributed by atoms with E-state index in [9.17, 15) is 4.79 Å². The van der Waals surface area contributed by atoms with Gasteiger partial charge in [0.2, 0.25) is 11.9 Å². The molecule has 0 unspecified atom stereocenters. The maximum atomic E-state index is 12.7. The number of ketones is 1. The number of hydrogen-bond acceptors (Lipinski definition) is 9. The molecule has 0 aliphatic carbocycles. The van der Waals surface area contributed by atoms with Gasteiger partial charge < -0.3 is 15.3 Å². The highest BCUT2D eigenvalue weighted by Crippen LogP contribution is 2.18. The Kier molecular flexibility index (Phi) is 7.54. The van der Waals surface area contributed by atoms with Crippen LogP contribution in [0.4, 0.5) is 17.7 Å². The molecule has 0 bridgehead atoms. The standard InChI is InChI=1S/C24H29N7O2/c1-2-21-26-23(29-24(28-21)31-12-10-30(11-13-31)14-15-32)27-22-17-19(8-9-25-22)20(33)16-18-6-4-3-5-7-18/h3-9,17,32H,2,10-16H2,1H3,(H,25,26,27,28,29). The zero-order chi connectivity index (χ0) is 23.0. The zero-order valence-corrected chi connectivity index (χ0v) is 18.8. The predicted octanol–water partition coefficient (Wildman–Crippen LogP) is 2.11.